The van der Waals surface area contributed by atoms with E-state index in [9.17, 15) is 5.11 Å². The van der Waals surface area contributed by atoms with Crippen LogP contribution in [0, 0.1) is 30.2 Å². The molecule has 0 saturated carbocycles. The largest absolute Gasteiger partial charge is 0.384 e. The van der Waals surface area contributed by atoms with E-state index in [0.29, 0.717) is 11.1 Å². The highest BCUT2D eigenvalue weighted by atomic mass is 16.3. The fourth-order valence-corrected chi connectivity index (χ4v) is 1.37. The van der Waals surface area contributed by atoms with Gasteiger partial charge in [-0.3, -0.25) is 0 Å². The van der Waals surface area contributed by atoms with Gasteiger partial charge in [0.1, 0.15) is 6.10 Å². The summed E-state index contributed by atoms with van der Waals surface area (Å²) in [4.78, 5) is 3.35. The van der Waals surface area contributed by atoms with Crippen LogP contribution in [0.4, 0.5) is 0 Å². The zero-order chi connectivity index (χ0) is 12.0. The zero-order valence-electron chi connectivity index (χ0n) is 8.59. The van der Waals surface area contributed by atoms with Gasteiger partial charge in [-0.05, 0) is 24.3 Å². The minimum atomic E-state index is -0.865. The van der Waals surface area contributed by atoms with Crippen LogP contribution in [0.15, 0.2) is 24.3 Å². The highest BCUT2D eigenvalue weighted by Crippen LogP contribution is 2.23. The van der Waals surface area contributed by atoms with Crippen molar-refractivity contribution in [1.29, 1.82) is 5.26 Å². The molecule has 3 nitrogen and oxygen atoms in total. The summed E-state index contributed by atoms with van der Waals surface area (Å²) in [5.41, 5.74) is 1.20. The smallest absolute Gasteiger partial charge is 0.275 e. The Labute approximate surface area is 94.8 Å². The third-order valence-corrected chi connectivity index (χ3v) is 2.21. The average molecular weight is 210 g/mol. The molecule has 2 unspecified atom stereocenters. The number of hydrogen-bond acceptors (Lipinski definition) is 2. The molecule has 0 fully saturated rings. The Balaban J connectivity index is 2.94. The van der Waals surface area contributed by atoms with Gasteiger partial charge in [-0.2, -0.15) is 5.26 Å². The van der Waals surface area contributed by atoms with Gasteiger partial charge in [-0.1, -0.05) is 0 Å². The molecule has 0 bridgehead atoms. The highest BCUT2D eigenvalue weighted by molar-refractivity contribution is 5.34. The first-order valence-corrected chi connectivity index (χ1v) is 4.71. The lowest BCUT2D eigenvalue weighted by Crippen LogP contribution is -2.14. The van der Waals surface area contributed by atoms with Gasteiger partial charge in [0.05, 0.1) is 11.6 Å². The number of nitrogens with zero attached hydrogens (tertiary/aromatic N) is 2. The highest BCUT2D eigenvalue weighted by Gasteiger charge is 2.25. The SMILES string of the molecule is [C-]#[N+]C(c1ccc(C#N)cc1)C(O)CC#C. The molecule has 16 heavy (non-hydrogen) atoms. The number of terminal acetylenes is 1. The predicted molar refractivity (Wildman–Crippen MR) is 60.0 cm³/mol. The van der Waals surface area contributed by atoms with Gasteiger partial charge in [0.15, 0.2) is 0 Å². The lowest BCUT2D eigenvalue weighted by atomic mass is 9.99. The van der Waals surface area contributed by atoms with E-state index in [2.05, 4.69) is 10.8 Å². The molecule has 0 aromatic heterocycles. The number of rotatable bonds is 3. The zero-order valence-corrected chi connectivity index (χ0v) is 8.59. The van der Waals surface area contributed by atoms with Crippen LogP contribution in [-0.4, -0.2) is 11.2 Å². The molecule has 1 rings (SSSR count). The fraction of sp³-hybridized carbons (Fsp3) is 0.231. The van der Waals surface area contributed by atoms with Crippen molar-refractivity contribution in [3.63, 3.8) is 0 Å². The molecule has 0 radical (unpaired) electrons. The third-order valence-electron chi connectivity index (χ3n) is 2.21. The van der Waals surface area contributed by atoms with Crippen LogP contribution in [0.5, 0.6) is 0 Å². The molecule has 0 saturated heterocycles. The fourth-order valence-electron chi connectivity index (χ4n) is 1.37. The van der Waals surface area contributed by atoms with Crippen LogP contribution in [0.3, 0.4) is 0 Å². The first-order chi connectivity index (χ1) is 7.72. The molecule has 1 aromatic carbocycles. The van der Waals surface area contributed by atoms with Crippen molar-refractivity contribution in [2.75, 3.05) is 0 Å². The van der Waals surface area contributed by atoms with Gasteiger partial charge in [0.2, 0.25) is 0 Å². The van der Waals surface area contributed by atoms with Crippen LogP contribution in [0.2, 0.25) is 0 Å². The van der Waals surface area contributed by atoms with E-state index in [1.807, 2.05) is 6.07 Å². The van der Waals surface area contributed by atoms with Crippen LogP contribution in [0.25, 0.3) is 4.85 Å². The third kappa shape index (κ3) is 2.61. The topological polar surface area (TPSA) is 48.4 Å². The van der Waals surface area contributed by atoms with Crippen molar-refractivity contribution >= 4 is 0 Å². The van der Waals surface area contributed by atoms with Gasteiger partial charge in [0, 0.05) is 12.0 Å². The molecular formula is C13H10N2O. The number of hydrogen-bond donors (Lipinski definition) is 1. The number of aliphatic hydroxyl groups excluding tert-OH is 1. The lowest BCUT2D eigenvalue weighted by molar-refractivity contribution is 0.164. The first kappa shape index (κ1) is 11.8. The monoisotopic (exact) mass is 210 g/mol. The quantitative estimate of drug-likeness (QED) is 0.612. The van der Waals surface area contributed by atoms with Gasteiger partial charge in [0.25, 0.3) is 6.04 Å². The van der Waals surface area contributed by atoms with Gasteiger partial charge in [-0.25, -0.2) is 6.57 Å². The molecule has 0 amide bonds. The van der Waals surface area contributed by atoms with Gasteiger partial charge < -0.3 is 9.95 Å². The van der Waals surface area contributed by atoms with Crippen LogP contribution < -0.4 is 0 Å². The molecule has 2 atom stereocenters. The maximum Gasteiger partial charge on any atom is 0.275 e. The molecule has 1 aromatic rings. The van der Waals surface area contributed by atoms with Crippen molar-refractivity contribution in [2.45, 2.75) is 18.6 Å². The van der Waals surface area contributed by atoms with E-state index in [1.54, 1.807) is 24.3 Å². The van der Waals surface area contributed by atoms with Crippen molar-refractivity contribution in [1.82, 2.24) is 0 Å². The Morgan fingerprint density at radius 1 is 1.44 bits per heavy atom. The maximum atomic E-state index is 9.67. The van der Waals surface area contributed by atoms with Crippen LogP contribution in [-0.2, 0) is 0 Å². The van der Waals surface area contributed by atoms with Gasteiger partial charge >= 0.3 is 0 Å². The second kappa shape index (κ2) is 5.56. The van der Waals surface area contributed by atoms with Gasteiger partial charge in [-0.15, -0.1) is 12.3 Å². The van der Waals surface area contributed by atoms with Crippen molar-refractivity contribution in [3.8, 4) is 18.4 Å². The minimum absolute atomic E-state index is 0.146. The van der Waals surface area contributed by atoms with E-state index in [-0.39, 0.29) is 6.42 Å². The Morgan fingerprint density at radius 2 is 2.06 bits per heavy atom. The molecule has 0 heterocycles. The first-order valence-electron chi connectivity index (χ1n) is 4.71. The second-order valence-corrected chi connectivity index (χ2v) is 3.28. The summed E-state index contributed by atoms with van der Waals surface area (Å²) in [6, 6.07) is 7.91. The predicted octanol–water partition coefficient (Wildman–Crippen LogP) is 1.90. The Kier molecular flexibility index (Phi) is 4.10. The average Bonchev–Trinajstić information content (AvgIpc) is 2.31. The summed E-state index contributed by atoms with van der Waals surface area (Å²) in [6.07, 6.45) is 4.37. The Bertz CT molecular complexity index is 471. The minimum Gasteiger partial charge on any atom is -0.384 e. The second-order valence-electron chi connectivity index (χ2n) is 3.28. The standard InChI is InChI=1S/C13H10N2O/c1-3-4-12(16)13(15-2)11-7-5-10(9-14)6-8-11/h1,5-8,12-13,16H,4H2. The molecule has 0 aliphatic rings. The number of nitriles is 1. The Hall–Kier alpha value is -2.28. The molecule has 78 valence electrons. The maximum absolute atomic E-state index is 9.67. The van der Waals surface area contributed by atoms with E-state index >= 15 is 0 Å². The number of aliphatic hydroxyl groups is 1. The summed E-state index contributed by atoms with van der Waals surface area (Å²) in [5, 5.41) is 18.3. The summed E-state index contributed by atoms with van der Waals surface area (Å²) in [6.45, 7) is 7.04. The molecule has 0 aliphatic heterocycles. The summed E-state index contributed by atoms with van der Waals surface area (Å²) >= 11 is 0. The molecule has 1 N–H and O–H groups in total. The van der Waals surface area contributed by atoms with Crippen LogP contribution >= 0.6 is 0 Å². The molecule has 0 spiro atoms. The van der Waals surface area contributed by atoms with Crippen molar-refractivity contribution in [3.05, 3.63) is 46.8 Å². The van der Waals surface area contributed by atoms with E-state index in [0.717, 1.165) is 0 Å². The van der Waals surface area contributed by atoms with E-state index in [1.165, 1.54) is 0 Å². The summed E-state index contributed by atoms with van der Waals surface area (Å²) < 4.78 is 0. The van der Waals surface area contributed by atoms with Crippen molar-refractivity contribution in [2.24, 2.45) is 0 Å². The molecule has 0 aliphatic carbocycles. The van der Waals surface area contributed by atoms with E-state index < -0.39 is 12.1 Å². The summed E-state index contributed by atoms with van der Waals surface area (Å²) in [7, 11) is 0. The molecular weight excluding hydrogens is 200 g/mol. The van der Waals surface area contributed by atoms with Crippen molar-refractivity contribution < 1.29 is 5.11 Å². The Morgan fingerprint density at radius 3 is 2.50 bits per heavy atom. The summed E-state index contributed by atoms with van der Waals surface area (Å²) in [5.74, 6) is 2.33. The molecule has 3 heteroatoms. The van der Waals surface area contributed by atoms with Crippen LogP contribution in [0.1, 0.15) is 23.6 Å². The van der Waals surface area contributed by atoms with E-state index in [4.69, 9.17) is 18.3 Å². The number of benzene rings is 1. The lowest BCUT2D eigenvalue weighted by Gasteiger charge is -2.10. The normalized spacial score (nSPS) is 12.9.